The average molecular weight is 414 g/mol. The van der Waals surface area contributed by atoms with Gasteiger partial charge in [0.1, 0.15) is 5.82 Å². The van der Waals surface area contributed by atoms with E-state index in [0.717, 1.165) is 29.0 Å². The van der Waals surface area contributed by atoms with E-state index in [4.69, 9.17) is 10.7 Å². The average Bonchev–Trinajstić information content (AvgIpc) is 2.79. The quantitative estimate of drug-likeness (QED) is 0.662. The van der Waals surface area contributed by atoms with Crippen molar-refractivity contribution in [2.45, 2.75) is 25.2 Å². The minimum Gasteiger partial charge on any atom is -0.370 e. The zero-order valence-electron chi connectivity index (χ0n) is 17.3. The number of carbonyl (C=O) groups is 1. The summed E-state index contributed by atoms with van der Waals surface area (Å²) >= 11 is 0. The molecule has 0 saturated carbocycles. The number of hydrogen-bond acceptors (Lipinski definition) is 4. The van der Waals surface area contributed by atoms with E-state index in [0.29, 0.717) is 17.8 Å². The van der Waals surface area contributed by atoms with Crippen LogP contribution < -0.4 is 5.73 Å². The van der Waals surface area contributed by atoms with Crippen molar-refractivity contribution >= 4 is 11.6 Å². The Bertz CT molecular complexity index is 1170. The number of primary amides is 1. The molecule has 0 bridgehead atoms. The van der Waals surface area contributed by atoms with Gasteiger partial charge in [0.25, 0.3) is 0 Å². The second kappa shape index (κ2) is 8.60. The van der Waals surface area contributed by atoms with Crippen molar-refractivity contribution in [3.05, 3.63) is 95.7 Å². The molecule has 31 heavy (non-hydrogen) atoms. The van der Waals surface area contributed by atoms with E-state index in [1.807, 2.05) is 36.4 Å². The Labute approximate surface area is 180 Å². The highest BCUT2D eigenvalue weighted by molar-refractivity contribution is 6.09. The van der Waals surface area contributed by atoms with E-state index < -0.39 is 11.3 Å². The summed E-state index contributed by atoms with van der Waals surface area (Å²) in [5.74, 6) is -0.720. The number of amides is 1. The number of halogens is 1. The molecule has 0 fully saturated rings. The summed E-state index contributed by atoms with van der Waals surface area (Å²) in [6.07, 6.45) is 8.39. The third-order valence-electron chi connectivity index (χ3n) is 5.51. The number of allylic oxidation sites excluding steroid dienone is 1. The first-order chi connectivity index (χ1) is 15.0. The minimum atomic E-state index is -0.663. The largest absolute Gasteiger partial charge is 0.370 e. The molecular formula is C25H23FN4O. The Morgan fingerprint density at radius 3 is 2.65 bits per heavy atom. The first kappa shape index (κ1) is 20.6. The molecule has 1 amide bonds. The van der Waals surface area contributed by atoms with Gasteiger partial charge < -0.3 is 5.73 Å². The van der Waals surface area contributed by atoms with Crippen LogP contribution in [0, 0.1) is 5.82 Å². The predicted octanol–water partition coefficient (Wildman–Crippen LogP) is 4.02. The highest BCUT2D eigenvalue weighted by atomic mass is 19.1. The molecule has 1 aliphatic heterocycles. The highest BCUT2D eigenvalue weighted by Gasteiger charge is 2.34. The topological polar surface area (TPSA) is 81.2 Å². The van der Waals surface area contributed by atoms with Crippen LogP contribution in [0.1, 0.15) is 30.2 Å². The number of aliphatic imine (C=N–C) groups is 1. The maximum absolute atomic E-state index is 13.5. The van der Waals surface area contributed by atoms with Crippen LogP contribution in [0.25, 0.3) is 11.3 Å². The number of dihydropyridines is 1. The molecule has 156 valence electrons. The molecule has 6 heteroatoms. The molecule has 3 aromatic rings. The number of aryl methyl sites for hydroxylation is 1. The SMILES string of the molecule is CCc1cc(C2=NCC(CC(N)=O)(c3ccc(-c4cccc(F)c4)nc3)C=C2)ccn1. The van der Waals surface area contributed by atoms with Gasteiger partial charge in [-0.3, -0.25) is 19.8 Å². The van der Waals surface area contributed by atoms with E-state index in [1.165, 1.54) is 12.1 Å². The standard InChI is InChI=1S/C25H23FN4O/c1-2-21-13-18(9-11-28-21)23-8-10-25(16-30-23,14-24(27)31)19-6-7-22(29-15-19)17-4-3-5-20(26)12-17/h3-13,15H,2,14,16H2,1H3,(H2,27,31). The van der Waals surface area contributed by atoms with Crippen molar-refractivity contribution in [3.63, 3.8) is 0 Å². The van der Waals surface area contributed by atoms with Crippen LogP contribution in [-0.2, 0) is 16.6 Å². The molecule has 2 N–H and O–H groups in total. The van der Waals surface area contributed by atoms with Crippen molar-refractivity contribution in [2.24, 2.45) is 10.7 Å². The third kappa shape index (κ3) is 4.43. The Morgan fingerprint density at radius 1 is 1.13 bits per heavy atom. The predicted molar refractivity (Wildman–Crippen MR) is 119 cm³/mol. The summed E-state index contributed by atoms with van der Waals surface area (Å²) in [6, 6.07) is 14.0. The molecule has 1 atom stereocenters. The van der Waals surface area contributed by atoms with Crippen LogP contribution in [-0.4, -0.2) is 28.1 Å². The van der Waals surface area contributed by atoms with Gasteiger partial charge in [-0.05, 0) is 48.4 Å². The number of carbonyl (C=O) groups excluding carboxylic acids is 1. The molecule has 3 heterocycles. The lowest BCUT2D eigenvalue weighted by atomic mass is 9.76. The van der Waals surface area contributed by atoms with E-state index >= 15 is 0 Å². The number of nitrogens with zero attached hydrogens (tertiary/aromatic N) is 3. The molecule has 0 radical (unpaired) electrons. The highest BCUT2D eigenvalue weighted by Crippen LogP contribution is 2.33. The normalized spacial score (nSPS) is 17.9. The molecule has 1 aliphatic rings. The summed E-state index contributed by atoms with van der Waals surface area (Å²) in [4.78, 5) is 25.5. The molecule has 0 spiro atoms. The van der Waals surface area contributed by atoms with Crippen LogP contribution in [0.15, 0.2) is 78.1 Å². The second-order valence-electron chi connectivity index (χ2n) is 7.67. The van der Waals surface area contributed by atoms with Gasteiger partial charge in [0, 0.05) is 41.1 Å². The fraction of sp³-hybridized carbons (Fsp3) is 0.200. The van der Waals surface area contributed by atoms with Gasteiger partial charge in [0.05, 0.1) is 18.0 Å². The zero-order valence-corrected chi connectivity index (χ0v) is 17.3. The van der Waals surface area contributed by atoms with Gasteiger partial charge in [-0.15, -0.1) is 0 Å². The smallest absolute Gasteiger partial charge is 0.218 e. The van der Waals surface area contributed by atoms with E-state index in [1.54, 1.807) is 24.5 Å². The minimum absolute atomic E-state index is 0.123. The summed E-state index contributed by atoms with van der Waals surface area (Å²) in [7, 11) is 0. The molecule has 1 unspecified atom stereocenters. The lowest BCUT2D eigenvalue weighted by Gasteiger charge is -2.31. The van der Waals surface area contributed by atoms with E-state index in [2.05, 4.69) is 16.9 Å². The zero-order chi connectivity index (χ0) is 21.8. The lowest BCUT2D eigenvalue weighted by molar-refractivity contribution is -0.118. The Morgan fingerprint density at radius 2 is 2.00 bits per heavy atom. The monoisotopic (exact) mass is 414 g/mol. The van der Waals surface area contributed by atoms with Crippen LogP contribution >= 0.6 is 0 Å². The number of benzene rings is 1. The Balaban J connectivity index is 1.64. The maximum atomic E-state index is 13.5. The number of nitrogens with two attached hydrogens (primary N) is 1. The van der Waals surface area contributed by atoms with Gasteiger partial charge in [0.2, 0.25) is 5.91 Å². The second-order valence-corrected chi connectivity index (χ2v) is 7.67. The van der Waals surface area contributed by atoms with E-state index in [9.17, 15) is 9.18 Å². The third-order valence-corrected chi connectivity index (χ3v) is 5.51. The number of pyridine rings is 2. The van der Waals surface area contributed by atoms with Crippen LogP contribution in [0.3, 0.4) is 0 Å². The van der Waals surface area contributed by atoms with Crippen molar-refractivity contribution in [1.29, 1.82) is 0 Å². The number of rotatable bonds is 6. The van der Waals surface area contributed by atoms with Gasteiger partial charge in [0.15, 0.2) is 0 Å². The van der Waals surface area contributed by atoms with Crippen molar-refractivity contribution in [3.8, 4) is 11.3 Å². The van der Waals surface area contributed by atoms with Crippen LogP contribution in [0.5, 0.6) is 0 Å². The fourth-order valence-corrected chi connectivity index (χ4v) is 3.81. The summed E-state index contributed by atoms with van der Waals surface area (Å²) in [5.41, 5.74) is 9.95. The first-order valence-electron chi connectivity index (χ1n) is 10.2. The lowest BCUT2D eigenvalue weighted by Crippen LogP contribution is -2.35. The van der Waals surface area contributed by atoms with E-state index in [-0.39, 0.29) is 12.2 Å². The molecule has 4 rings (SSSR count). The van der Waals surface area contributed by atoms with Crippen molar-refractivity contribution < 1.29 is 9.18 Å². The number of aromatic nitrogens is 2. The maximum Gasteiger partial charge on any atom is 0.218 e. The van der Waals surface area contributed by atoms with Crippen LogP contribution in [0.2, 0.25) is 0 Å². The van der Waals surface area contributed by atoms with Gasteiger partial charge in [-0.2, -0.15) is 0 Å². The Kier molecular flexibility index (Phi) is 5.71. The first-order valence-corrected chi connectivity index (χ1v) is 10.2. The molecule has 0 aliphatic carbocycles. The van der Waals surface area contributed by atoms with Crippen LogP contribution in [0.4, 0.5) is 4.39 Å². The Hall–Kier alpha value is -3.67. The molecule has 1 aromatic carbocycles. The summed E-state index contributed by atoms with van der Waals surface area (Å²) in [6.45, 7) is 2.44. The van der Waals surface area contributed by atoms with Gasteiger partial charge in [-0.25, -0.2) is 4.39 Å². The van der Waals surface area contributed by atoms with Crippen molar-refractivity contribution in [1.82, 2.24) is 9.97 Å². The van der Waals surface area contributed by atoms with Crippen molar-refractivity contribution in [2.75, 3.05) is 6.54 Å². The van der Waals surface area contributed by atoms with Gasteiger partial charge >= 0.3 is 0 Å². The summed E-state index contributed by atoms with van der Waals surface area (Å²) in [5, 5.41) is 0. The van der Waals surface area contributed by atoms with Gasteiger partial charge in [-0.1, -0.05) is 31.2 Å². The molecule has 5 nitrogen and oxygen atoms in total. The number of hydrogen-bond donors (Lipinski definition) is 1. The summed E-state index contributed by atoms with van der Waals surface area (Å²) < 4.78 is 13.5. The molecular weight excluding hydrogens is 391 g/mol. The molecule has 0 saturated heterocycles. The molecule has 2 aromatic heterocycles. The fourth-order valence-electron chi connectivity index (χ4n) is 3.81.